The molecule has 0 radical (unpaired) electrons. The minimum Gasteiger partial charge on any atom is -0.462 e. The monoisotopic (exact) mass is 977 g/mol. The van der Waals surface area contributed by atoms with Crippen LogP contribution in [0, 0.1) is 0 Å². The highest BCUT2D eigenvalue weighted by molar-refractivity contribution is 5.71. The standard InChI is InChI=1S/C64H112O6/c1-4-7-10-13-16-19-22-25-28-30-31-32-33-34-37-39-42-45-48-51-54-57-63(66)69-60-61(59-68-62(65)56-53-50-47-44-41-38-35-27-24-21-18-15-12-9-6-3)70-64(67)58-55-52-49-46-43-40-36-29-26-23-20-17-14-11-8-5-2/h9,12,18,20-21,23,27,29,35-36,41,44,61H,4-8,10-11,13-17,19,22,24-26,28,30-34,37-40,42-43,45-60H2,1-3H3/b12-9-,21-18-,23-20-,35-27-,36-29-,44-41-. The molecule has 404 valence electrons. The quantitative estimate of drug-likeness (QED) is 0.0261. The fourth-order valence-electron chi connectivity index (χ4n) is 8.47. The molecule has 1 atom stereocenters. The number of ether oxygens (including phenoxy) is 3. The van der Waals surface area contributed by atoms with E-state index in [1.807, 2.05) is 0 Å². The lowest BCUT2D eigenvalue weighted by atomic mass is 10.0. The maximum absolute atomic E-state index is 12.9. The van der Waals surface area contributed by atoms with E-state index in [-0.39, 0.29) is 31.1 Å². The normalized spacial score (nSPS) is 12.6. The zero-order chi connectivity index (χ0) is 50.7. The molecule has 0 saturated heterocycles. The van der Waals surface area contributed by atoms with Gasteiger partial charge in [-0.15, -0.1) is 0 Å². The molecular weight excluding hydrogens is 865 g/mol. The molecule has 0 aromatic heterocycles. The predicted molar refractivity (Wildman–Crippen MR) is 302 cm³/mol. The van der Waals surface area contributed by atoms with E-state index in [1.54, 1.807) is 0 Å². The van der Waals surface area contributed by atoms with Gasteiger partial charge in [0.1, 0.15) is 13.2 Å². The van der Waals surface area contributed by atoms with Gasteiger partial charge in [0.25, 0.3) is 0 Å². The zero-order valence-corrected chi connectivity index (χ0v) is 46.3. The average Bonchev–Trinajstić information content (AvgIpc) is 3.36. The van der Waals surface area contributed by atoms with Gasteiger partial charge in [-0.05, 0) is 89.9 Å². The van der Waals surface area contributed by atoms with Crippen molar-refractivity contribution in [2.45, 2.75) is 303 Å². The van der Waals surface area contributed by atoms with Gasteiger partial charge >= 0.3 is 17.9 Å². The largest absolute Gasteiger partial charge is 0.462 e. The third-order valence-electron chi connectivity index (χ3n) is 12.9. The zero-order valence-electron chi connectivity index (χ0n) is 46.3. The topological polar surface area (TPSA) is 78.9 Å². The minimum atomic E-state index is -0.799. The van der Waals surface area contributed by atoms with E-state index in [4.69, 9.17) is 14.2 Å². The van der Waals surface area contributed by atoms with Gasteiger partial charge in [0, 0.05) is 19.3 Å². The number of unbranched alkanes of at least 4 members (excludes halogenated alkanes) is 31. The second kappa shape index (κ2) is 58.4. The van der Waals surface area contributed by atoms with Crippen LogP contribution in [0.3, 0.4) is 0 Å². The third-order valence-corrected chi connectivity index (χ3v) is 12.9. The Kier molecular flexibility index (Phi) is 55.8. The molecular formula is C64H112O6. The summed E-state index contributed by atoms with van der Waals surface area (Å²) < 4.78 is 16.8. The van der Waals surface area contributed by atoms with E-state index in [0.717, 1.165) is 109 Å². The first kappa shape index (κ1) is 66.9. The summed E-state index contributed by atoms with van der Waals surface area (Å²) >= 11 is 0. The molecule has 0 amide bonds. The molecule has 70 heavy (non-hydrogen) atoms. The van der Waals surface area contributed by atoms with E-state index < -0.39 is 6.10 Å². The Balaban J connectivity index is 4.39. The van der Waals surface area contributed by atoms with Crippen LogP contribution in [-0.2, 0) is 28.6 Å². The van der Waals surface area contributed by atoms with Crippen molar-refractivity contribution in [1.29, 1.82) is 0 Å². The fourth-order valence-corrected chi connectivity index (χ4v) is 8.47. The third kappa shape index (κ3) is 55.8. The summed E-state index contributed by atoms with van der Waals surface area (Å²) in [6, 6.07) is 0. The maximum Gasteiger partial charge on any atom is 0.306 e. The van der Waals surface area contributed by atoms with Crippen molar-refractivity contribution in [3.63, 3.8) is 0 Å². The first-order valence-electron chi connectivity index (χ1n) is 29.9. The molecule has 0 aromatic carbocycles. The molecule has 1 unspecified atom stereocenters. The Labute approximate surface area is 433 Å². The second-order valence-corrected chi connectivity index (χ2v) is 19.9. The van der Waals surface area contributed by atoms with Crippen LogP contribution in [0.25, 0.3) is 0 Å². The number of carbonyl (C=O) groups is 3. The second-order valence-electron chi connectivity index (χ2n) is 19.9. The van der Waals surface area contributed by atoms with Crippen molar-refractivity contribution in [2.24, 2.45) is 0 Å². The molecule has 6 nitrogen and oxygen atoms in total. The van der Waals surface area contributed by atoms with E-state index in [1.165, 1.54) is 148 Å². The Morgan fingerprint density at radius 1 is 0.300 bits per heavy atom. The molecule has 6 heteroatoms. The van der Waals surface area contributed by atoms with E-state index in [0.29, 0.717) is 19.3 Å². The highest BCUT2D eigenvalue weighted by atomic mass is 16.6. The first-order chi connectivity index (χ1) is 34.5. The summed E-state index contributed by atoms with van der Waals surface area (Å²) in [6.07, 6.45) is 74.7. The number of rotatable bonds is 54. The molecule has 0 heterocycles. The molecule has 0 aliphatic rings. The van der Waals surface area contributed by atoms with Gasteiger partial charge in [0.15, 0.2) is 6.10 Å². The summed E-state index contributed by atoms with van der Waals surface area (Å²) in [6.45, 7) is 6.49. The van der Waals surface area contributed by atoms with Gasteiger partial charge in [-0.3, -0.25) is 14.4 Å². The number of hydrogen-bond acceptors (Lipinski definition) is 6. The summed E-state index contributed by atoms with van der Waals surface area (Å²) in [5.74, 6) is -0.938. The van der Waals surface area contributed by atoms with Gasteiger partial charge in [-0.25, -0.2) is 0 Å². The fraction of sp³-hybridized carbons (Fsp3) is 0.766. The highest BCUT2D eigenvalue weighted by Crippen LogP contribution is 2.16. The van der Waals surface area contributed by atoms with Crippen LogP contribution >= 0.6 is 0 Å². The highest BCUT2D eigenvalue weighted by Gasteiger charge is 2.19. The lowest BCUT2D eigenvalue weighted by molar-refractivity contribution is -0.167. The van der Waals surface area contributed by atoms with E-state index in [9.17, 15) is 14.4 Å². The summed E-state index contributed by atoms with van der Waals surface area (Å²) in [5, 5.41) is 0. The Morgan fingerprint density at radius 3 is 0.914 bits per heavy atom. The van der Waals surface area contributed by atoms with Gasteiger partial charge in [0.2, 0.25) is 0 Å². The predicted octanol–water partition coefficient (Wildman–Crippen LogP) is 20.2. The van der Waals surface area contributed by atoms with Gasteiger partial charge < -0.3 is 14.2 Å². The van der Waals surface area contributed by atoms with Crippen molar-refractivity contribution in [1.82, 2.24) is 0 Å². The molecule has 0 saturated carbocycles. The Hall–Kier alpha value is -3.15. The van der Waals surface area contributed by atoms with Crippen LogP contribution in [0.2, 0.25) is 0 Å². The molecule has 0 aliphatic heterocycles. The first-order valence-corrected chi connectivity index (χ1v) is 29.9. The van der Waals surface area contributed by atoms with Crippen LogP contribution in [0.5, 0.6) is 0 Å². The summed E-state index contributed by atoms with van der Waals surface area (Å²) in [5.41, 5.74) is 0. The molecule has 0 fully saturated rings. The molecule has 0 aliphatic carbocycles. The van der Waals surface area contributed by atoms with Gasteiger partial charge in [-0.2, -0.15) is 0 Å². The van der Waals surface area contributed by atoms with Crippen LogP contribution in [-0.4, -0.2) is 37.2 Å². The lowest BCUT2D eigenvalue weighted by Gasteiger charge is -2.18. The SMILES string of the molecule is CC/C=C\C/C=C\C/C=C\C/C=C\CCCCC(=O)OCC(COC(=O)CCCCCCCCCCCCCCCCCCCCCCC)OC(=O)CCCCCCC/C=C\C/C=C\CCCCCC. The molecule has 0 rings (SSSR count). The van der Waals surface area contributed by atoms with Crippen LogP contribution in [0.15, 0.2) is 72.9 Å². The van der Waals surface area contributed by atoms with Crippen LogP contribution in [0.4, 0.5) is 0 Å². The van der Waals surface area contributed by atoms with Crippen LogP contribution < -0.4 is 0 Å². The van der Waals surface area contributed by atoms with Crippen molar-refractivity contribution >= 4 is 17.9 Å². The molecule has 0 spiro atoms. The average molecular weight is 978 g/mol. The Morgan fingerprint density at radius 2 is 0.557 bits per heavy atom. The lowest BCUT2D eigenvalue weighted by Crippen LogP contribution is -2.30. The minimum absolute atomic E-state index is 0.0921. The molecule has 0 aromatic rings. The smallest absolute Gasteiger partial charge is 0.306 e. The van der Waals surface area contributed by atoms with E-state index in [2.05, 4.69) is 93.7 Å². The van der Waals surface area contributed by atoms with Gasteiger partial charge in [0.05, 0.1) is 0 Å². The number of carbonyl (C=O) groups excluding carboxylic acids is 3. The van der Waals surface area contributed by atoms with Gasteiger partial charge in [-0.1, -0.05) is 261 Å². The molecule has 0 N–H and O–H groups in total. The van der Waals surface area contributed by atoms with E-state index >= 15 is 0 Å². The molecule has 0 bridgehead atoms. The van der Waals surface area contributed by atoms with Crippen molar-refractivity contribution in [3.8, 4) is 0 Å². The number of allylic oxidation sites excluding steroid dienone is 12. The maximum atomic E-state index is 12.9. The van der Waals surface area contributed by atoms with Crippen molar-refractivity contribution < 1.29 is 28.6 Å². The summed E-state index contributed by atoms with van der Waals surface area (Å²) in [4.78, 5) is 38.2. The summed E-state index contributed by atoms with van der Waals surface area (Å²) in [7, 11) is 0. The Bertz CT molecular complexity index is 1310. The van der Waals surface area contributed by atoms with Crippen molar-refractivity contribution in [3.05, 3.63) is 72.9 Å². The van der Waals surface area contributed by atoms with Crippen LogP contribution in [0.1, 0.15) is 297 Å². The number of hydrogen-bond donors (Lipinski definition) is 0. The number of esters is 3. The van der Waals surface area contributed by atoms with Crippen molar-refractivity contribution in [2.75, 3.05) is 13.2 Å².